The van der Waals surface area contributed by atoms with Crippen molar-refractivity contribution in [2.75, 3.05) is 0 Å². The molecule has 2 amide bonds. The molecule has 0 aromatic heterocycles. The van der Waals surface area contributed by atoms with Crippen LogP contribution in [-0.4, -0.2) is 45.0 Å². The van der Waals surface area contributed by atoms with Crippen molar-refractivity contribution >= 4 is 29.5 Å². The van der Waals surface area contributed by atoms with Crippen molar-refractivity contribution in [3.05, 3.63) is 22.2 Å². The Labute approximate surface area is 125 Å². The molecule has 2 rings (SSSR count). The number of β-lactam (4-membered cyclic amide) rings is 1. The number of rotatable bonds is 5. The van der Waals surface area contributed by atoms with Crippen LogP contribution >= 0.6 is 11.8 Å². The number of aliphatic hydroxyl groups excluding tert-OH is 1. The van der Waals surface area contributed by atoms with Gasteiger partial charge in [-0.1, -0.05) is 11.8 Å². The summed E-state index contributed by atoms with van der Waals surface area (Å²) in [7, 11) is 0. The van der Waals surface area contributed by atoms with Gasteiger partial charge in [0.1, 0.15) is 5.70 Å². The minimum atomic E-state index is -1.16. The molecule has 0 bridgehead atoms. The molecule has 0 saturated carbocycles. The Morgan fingerprint density at radius 3 is 2.71 bits per heavy atom. The zero-order chi connectivity index (χ0) is 15.7. The number of carboxylic acids is 1. The summed E-state index contributed by atoms with van der Waals surface area (Å²) in [5, 5.41) is 22.9. The lowest BCUT2D eigenvalue weighted by atomic mass is 9.83. The number of carboxylic acid groups (broad SMARTS) is 1. The standard InChI is InChI=1S/C13H16N2O5S/c1-6(16)10-8-5-9(21-4-3-14-7(2)17)11(13(19)20)15(8)12(10)18/h3-4,6,8,10,16H,5H2,1-2H3,(H,14,17)(H,19,20)/b4-3+/t6?,8-,10+/m1/s1. The maximum atomic E-state index is 11.9. The number of fused-ring (bicyclic) bond motifs is 1. The molecular formula is C13H16N2O5S. The Hall–Kier alpha value is -1.80. The molecule has 21 heavy (non-hydrogen) atoms. The molecule has 2 heterocycles. The molecule has 114 valence electrons. The van der Waals surface area contributed by atoms with Crippen LogP contribution < -0.4 is 5.32 Å². The monoisotopic (exact) mass is 312 g/mol. The summed E-state index contributed by atoms with van der Waals surface area (Å²) < 4.78 is 0. The van der Waals surface area contributed by atoms with E-state index in [2.05, 4.69) is 5.32 Å². The van der Waals surface area contributed by atoms with E-state index in [1.165, 1.54) is 24.9 Å². The van der Waals surface area contributed by atoms with Crippen molar-refractivity contribution in [1.82, 2.24) is 10.2 Å². The summed E-state index contributed by atoms with van der Waals surface area (Å²) in [5.74, 6) is -2.28. The van der Waals surface area contributed by atoms with Crippen LogP contribution in [-0.2, 0) is 14.4 Å². The number of carbonyl (C=O) groups is 3. The van der Waals surface area contributed by atoms with E-state index >= 15 is 0 Å². The fourth-order valence-electron chi connectivity index (χ4n) is 2.60. The van der Waals surface area contributed by atoms with Crippen molar-refractivity contribution in [1.29, 1.82) is 0 Å². The van der Waals surface area contributed by atoms with E-state index in [4.69, 9.17) is 0 Å². The highest BCUT2D eigenvalue weighted by Gasteiger charge is 2.56. The van der Waals surface area contributed by atoms with Gasteiger partial charge in [-0.05, 0) is 12.3 Å². The van der Waals surface area contributed by atoms with Gasteiger partial charge in [-0.25, -0.2) is 4.79 Å². The Morgan fingerprint density at radius 2 is 2.19 bits per heavy atom. The van der Waals surface area contributed by atoms with Crippen LogP contribution in [0.15, 0.2) is 22.2 Å². The minimum Gasteiger partial charge on any atom is -0.477 e. The van der Waals surface area contributed by atoms with Crippen LogP contribution in [0.3, 0.4) is 0 Å². The Morgan fingerprint density at radius 1 is 1.52 bits per heavy atom. The van der Waals surface area contributed by atoms with E-state index in [9.17, 15) is 24.6 Å². The van der Waals surface area contributed by atoms with Gasteiger partial charge in [0.05, 0.1) is 18.1 Å². The molecule has 0 spiro atoms. The molecule has 2 aliphatic rings. The average molecular weight is 312 g/mol. The molecule has 0 radical (unpaired) electrons. The number of aliphatic carboxylic acids is 1. The number of amides is 2. The quantitative estimate of drug-likeness (QED) is 0.628. The van der Waals surface area contributed by atoms with Crippen LogP contribution in [0.5, 0.6) is 0 Å². The Balaban J connectivity index is 2.13. The second kappa shape index (κ2) is 5.90. The molecule has 0 aromatic rings. The number of nitrogens with zero attached hydrogens (tertiary/aromatic N) is 1. The third kappa shape index (κ3) is 2.81. The highest BCUT2D eigenvalue weighted by molar-refractivity contribution is 8.05. The molecular weight excluding hydrogens is 296 g/mol. The van der Waals surface area contributed by atoms with Gasteiger partial charge in [0.25, 0.3) is 0 Å². The minimum absolute atomic E-state index is 0.0284. The first kappa shape index (κ1) is 15.6. The van der Waals surface area contributed by atoms with E-state index in [0.29, 0.717) is 11.3 Å². The third-order valence-corrected chi connectivity index (χ3v) is 4.37. The lowest BCUT2D eigenvalue weighted by Gasteiger charge is -2.44. The third-order valence-electron chi connectivity index (χ3n) is 3.46. The fourth-order valence-corrected chi connectivity index (χ4v) is 3.47. The molecule has 1 fully saturated rings. The second-order valence-electron chi connectivity index (χ2n) is 4.94. The summed E-state index contributed by atoms with van der Waals surface area (Å²) in [6.45, 7) is 2.90. The van der Waals surface area contributed by atoms with E-state index in [1.807, 2.05) is 0 Å². The number of hydrogen-bond donors (Lipinski definition) is 3. The first-order valence-corrected chi connectivity index (χ1v) is 7.29. The molecule has 0 aromatic carbocycles. The van der Waals surface area contributed by atoms with Crippen molar-refractivity contribution < 1.29 is 24.6 Å². The predicted octanol–water partition coefficient (Wildman–Crippen LogP) is 0.235. The van der Waals surface area contributed by atoms with Crippen LogP contribution in [0.4, 0.5) is 0 Å². The highest BCUT2D eigenvalue weighted by atomic mass is 32.2. The van der Waals surface area contributed by atoms with E-state index in [1.54, 1.807) is 5.41 Å². The first-order valence-electron chi connectivity index (χ1n) is 6.41. The SMILES string of the molecule is CC(=O)N/C=C/SC1=C(C(=O)O)N2C(=O)[C@@H](C(C)O)[C@H]2C1. The number of hydrogen-bond acceptors (Lipinski definition) is 5. The van der Waals surface area contributed by atoms with E-state index in [-0.39, 0.29) is 23.6 Å². The van der Waals surface area contributed by atoms with Crippen LogP contribution in [0, 0.1) is 5.92 Å². The maximum Gasteiger partial charge on any atom is 0.353 e. The topological polar surface area (TPSA) is 107 Å². The van der Waals surface area contributed by atoms with Gasteiger partial charge in [-0.15, -0.1) is 0 Å². The highest BCUT2D eigenvalue weighted by Crippen LogP contribution is 2.47. The van der Waals surface area contributed by atoms with Crippen molar-refractivity contribution in [2.45, 2.75) is 32.4 Å². The first-order chi connectivity index (χ1) is 9.84. The zero-order valence-electron chi connectivity index (χ0n) is 11.6. The van der Waals surface area contributed by atoms with Gasteiger partial charge in [0, 0.05) is 24.4 Å². The summed E-state index contributed by atoms with van der Waals surface area (Å²) in [6.07, 6.45) is 1.02. The summed E-state index contributed by atoms with van der Waals surface area (Å²) in [6, 6.07) is -0.291. The summed E-state index contributed by atoms with van der Waals surface area (Å²) in [4.78, 5) is 35.8. The van der Waals surface area contributed by atoms with Crippen LogP contribution in [0.1, 0.15) is 20.3 Å². The van der Waals surface area contributed by atoms with Gasteiger partial charge < -0.3 is 20.4 Å². The van der Waals surface area contributed by atoms with Gasteiger partial charge in [0.2, 0.25) is 11.8 Å². The number of thioether (sulfide) groups is 1. The molecule has 2 aliphatic heterocycles. The number of aliphatic hydroxyl groups is 1. The Kier molecular flexibility index (Phi) is 4.38. The average Bonchev–Trinajstić information content (AvgIpc) is 2.68. The van der Waals surface area contributed by atoms with Crippen molar-refractivity contribution in [3.8, 4) is 0 Å². The van der Waals surface area contributed by atoms with E-state index < -0.39 is 18.0 Å². The van der Waals surface area contributed by atoms with Gasteiger partial charge >= 0.3 is 5.97 Å². The molecule has 3 atom stereocenters. The van der Waals surface area contributed by atoms with E-state index in [0.717, 1.165) is 11.8 Å². The fraction of sp³-hybridized carbons (Fsp3) is 0.462. The Bertz CT molecular complexity index is 555. The predicted molar refractivity (Wildman–Crippen MR) is 75.6 cm³/mol. The van der Waals surface area contributed by atoms with Crippen molar-refractivity contribution in [3.63, 3.8) is 0 Å². The number of nitrogens with one attached hydrogen (secondary N) is 1. The summed E-state index contributed by atoms with van der Waals surface area (Å²) in [5.41, 5.74) is -0.0284. The smallest absolute Gasteiger partial charge is 0.353 e. The zero-order valence-corrected chi connectivity index (χ0v) is 12.4. The van der Waals surface area contributed by atoms with Crippen LogP contribution in [0.25, 0.3) is 0 Å². The van der Waals surface area contributed by atoms with Crippen LogP contribution in [0.2, 0.25) is 0 Å². The maximum absolute atomic E-state index is 11.9. The molecule has 0 aliphatic carbocycles. The van der Waals surface area contributed by atoms with Gasteiger partial charge in [-0.2, -0.15) is 0 Å². The largest absolute Gasteiger partial charge is 0.477 e. The summed E-state index contributed by atoms with van der Waals surface area (Å²) >= 11 is 1.15. The molecule has 7 nitrogen and oxygen atoms in total. The normalized spacial score (nSPS) is 25.9. The molecule has 8 heteroatoms. The second-order valence-corrected chi connectivity index (χ2v) is 5.94. The van der Waals surface area contributed by atoms with Gasteiger partial charge in [0.15, 0.2) is 0 Å². The van der Waals surface area contributed by atoms with Gasteiger partial charge in [-0.3, -0.25) is 9.59 Å². The van der Waals surface area contributed by atoms with Crippen molar-refractivity contribution in [2.24, 2.45) is 5.92 Å². The molecule has 1 saturated heterocycles. The molecule has 1 unspecified atom stereocenters. The molecule has 3 N–H and O–H groups in total. The lowest BCUT2D eigenvalue weighted by molar-refractivity contribution is -0.161. The number of carbonyl (C=O) groups excluding carboxylic acids is 2. The lowest BCUT2D eigenvalue weighted by Crippen LogP contribution is -2.61.